The molecule has 0 atom stereocenters. The van der Waals surface area contributed by atoms with Gasteiger partial charge in [-0.3, -0.25) is 5.41 Å². The van der Waals surface area contributed by atoms with Crippen LogP contribution in [0.25, 0.3) is 11.4 Å². The molecule has 0 spiro atoms. The Balaban J connectivity index is 1.47. The van der Waals surface area contributed by atoms with E-state index in [-0.39, 0.29) is 17.9 Å². The van der Waals surface area contributed by atoms with E-state index in [1.54, 1.807) is 47.4 Å². The van der Waals surface area contributed by atoms with E-state index < -0.39 is 17.9 Å². The second-order valence-electron chi connectivity index (χ2n) is 7.73. The number of hydrogen-bond acceptors (Lipinski definition) is 6. The van der Waals surface area contributed by atoms with Crippen LogP contribution in [-0.2, 0) is 11.3 Å². The molecule has 4 rings (SSSR count). The van der Waals surface area contributed by atoms with Gasteiger partial charge in [0.05, 0.1) is 22.0 Å². The highest BCUT2D eigenvalue weighted by atomic mass is 35.5. The molecule has 1 heterocycles. The Bertz CT molecular complexity index is 1420. The fraction of sp³-hybridized carbons (Fsp3) is 0.0769. The molecule has 188 valence electrons. The number of allylic oxidation sites excluding steroid dienone is 1. The van der Waals surface area contributed by atoms with Gasteiger partial charge in [-0.25, -0.2) is 14.5 Å². The van der Waals surface area contributed by atoms with Crippen molar-refractivity contribution in [2.24, 2.45) is 0 Å². The lowest BCUT2D eigenvalue weighted by Gasteiger charge is -2.15. The standard InChI is InChI=1S/C26H19ClF3N5O2/c27-21-3-1-2-4-22(21)34-23(13-24(31)26(28,29)30)18-7-9-19(10-8-18)25(36)37-14-17-5-11-20(12-6-17)35-16-32-15-33-35/h1-13,15-16,31,34H,14H2/b23-13-,31-24?. The van der Waals surface area contributed by atoms with Crippen molar-refractivity contribution >= 4 is 34.7 Å². The fourth-order valence-electron chi connectivity index (χ4n) is 3.23. The van der Waals surface area contributed by atoms with E-state index in [1.165, 1.54) is 30.6 Å². The maximum absolute atomic E-state index is 13.0. The van der Waals surface area contributed by atoms with E-state index in [1.807, 2.05) is 12.1 Å². The third-order valence-electron chi connectivity index (χ3n) is 5.16. The number of alkyl halides is 3. The molecule has 0 aliphatic rings. The van der Waals surface area contributed by atoms with Crippen LogP contribution in [0.5, 0.6) is 0 Å². The van der Waals surface area contributed by atoms with E-state index in [0.717, 1.165) is 11.3 Å². The van der Waals surface area contributed by atoms with Crippen molar-refractivity contribution in [2.75, 3.05) is 5.32 Å². The molecule has 1 aromatic heterocycles. The minimum atomic E-state index is -4.83. The van der Waals surface area contributed by atoms with Gasteiger partial charge in [-0.05, 0) is 53.6 Å². The summed E-state index contributed by atoms with van der Waals surface area (Å²) in [5.74, 6) is -0.598. The van der Waals surface area contributed by atoms with Crippen molar-refractivity contribution in [1.29, 1.82) is 5.41 Å². The first kappa shape index (κ1) is 25.6. The largest absolute Gasteiger partial charge is 0.457 e. The Morgan fingerprint density at radius 1 is 1.03 bits per heavy atom. The van der Waals surface area contributed by atoms with Gasteiger partial charge in [-0.1, -0.05) is 48.0 Å². The number of carbonyl (C=O) groups is 1. The summed E-state index contributed by atoms with van der Waals surface area (Å²) in [4.78, 5) is 16.4. The van der Waals surface area contributed by atoms with Crippen molar-refractivity contribution in [3.63, 3.8) is 0 Å². The van der Waals surface area contributed by atoms with Crippen LogP contribution < -0.4 is 5.32 Å². The van der Waals surface area contributed by atoms with Gasteiger partial charge in [-0.2, -0.15) is 18.3 Å². The average Bonchev–Trinajstić information content (AvgIpc) is 3.43. The number of anilines is 1. The van der Waals surface area contributed by atoms with Crippen molar-refractivity contribution in [3.8, 4) is 5.69 Å². The first-order valence-corrected chi connectivity index (χ1v) is 11.2. The monoisotopic (exact) mass is 525 g/mol. The summed E-state index contributed by atoms with van der Waals surface area (Å²) >= 11 is 6.13. The number of hydrogen-bond donors (Lipinski definition) is 2. The van der Waals surface area contributed by atoms with E-state index in [2.05, 4.69) is 15.4 Å². The predicted octanol–water partition coefficient (Wildman–Crippen LogP) is 6.31. The third-order valence-corrected chi connectivity index (χ3v) is 5.49. The van der Waals surface area contributed by atoms with Gasteiger partial charge >= 0.3 is 12.1 Å². The number of nitrogens with one attached hydrogen (secondary N) is 2. The van der Waals surface area contributed by atoms with Crippen LogP contribution in [0.1, 0.15) is 21.5 Å². The van der Waals surface area contributed by atoms with Gasteiger partial charge in [0.1, 0.15) is 25.0 Å². The molecule has 7 nitrogen and oxygen atoms in total. The molecule has 4 aromatic rings. The molecule has 0 bridgehead atoms. The quantitative estimate of drug-likeness (QED) is 0.208. The summed E-state index contributed by atoms with van der Waals surface area (Å²) in [5, 5.41) is 14.6. The summed E-state index contributed by atoms with van der Waals surface area (Å²) in [6.45, 7) is 0.0280. The number of carbonyl (C=O) groups excluding carboxylic acids is 1. The maximum atomic E-state index is 13.0. The van der Waals surface area contributed by atoms with E-state index >= 15 is 0 Å². The molecular formula is C26H19ClF3N5O2. The van der Waals surface area contributed by atoms with Crippen LogP contribution >= 0.6 is 11.6 Å². The van der Waals surface area contributed by atoms with Crippen LogP contribution in [-0.4, -0.2) is 32.6 Å². The average molecular weight is 526 g/mol. The number of halogens is 4. The molecule has 0 saturated carbocycles. The number of nitrogens with zero attached hydrogens (tertiary/aromatic N) is 3. The molecule has 2 N–H and O–H groups in total. The Kier molecular flexibility index (Phi) is 7.69. The van der Waals surface area contributed by atoms with Crippen molar-refractivity contribution in [2.45, 2.75) is 12.8 Å². The second kappa shape index (κ2) is 11.1. The predicted molar refractivity (Wildman–Crippen MR) is 134 cm³/mol. The maximum Gasteiger partial charge on any atom is 0.432 e. The SMILES string of the molecule is N=C(/C=C(\Nc1ccccc1Cl)c1ccc(C(=O)OCc2ccc(-n3cncn3)cc2)cc1)C(F)(F)F. The van der Waals surface area contributed by atoms with Crippen LogP contribution in [0.3, 0.4) is 0 Å². The van der Waals surface area contributed by atoms with Gasteiger partial charge in [0, 0.05) is 5.70 Å². The van der Waals surface area contributed by atoms with E-state index in [9.17, 15) is 18.0 Å². The molecule has 0 saturated heterocycles. The third kappa shape index (κ3) is 6.62. The number of ether oxygens (including phenoxy) is 1. The van der Waals surface area contributed by atoms with Gasteiger partial charge in [-0.15, -0.1) is 0 Å². The van der Waals surface area contributed by atoms with Crippen molar-refractivity contribution < 1.29 is 22.7 Å². The zero-order chi connectivity index (χ0) is 26.4. The fourth-order valence-corrected chi connectivity index (χ4v) is 3.41. The summed E-state index contributed by atoms with van der Waals surface area (Å²) in [6, 6.07) is 19.5. The van der Waals surface area contributed by atoms with Gasteiger partial charge in [0.2, 0.25) is 0 Å². The lowest BCUT2D eigenvalue weighted by Crippen LogP contribution is -2.20. The summed E-state index contributed by atoms with van der Waals surface area (Å²) < 4.78 is 46.1. The molecule has 37 heavy (non-hydrogen) atoms. The highest BCUT2D eigenvalue weighted by molar-refractivity contribution is 6.33. The lowest BCUT2D eigenvalue weighted by molar-refractivity contribution is -0.0583. The summed E-state index contributed by atoms with van der Waals surface area (Å²) in [7, 11) is 0. The first-order chi connectivity index (χ1) is 17.7. The smallest absolute Gasteiger partial charge is 0.432 e. The molecule has 11 heteroatoms. The Hall–Kier alpha value is -4.44. The number of rotatable bonds is 8. The number of aromatic nitrogens is 3. The lowest BCUT2D eigenvalue weighted by atomic mass is 10.1. The van der Waals surface area contributed by atoms with Crippen LogP contribution in [0.4, 0.5) is 18.9 Å². The number of benzene rings is 3. The van der Waals surface area contributed by atoms with Crippen molar-refractivity contribution in [3.05, 3.63) is 113 Å². The highest BCUT2D eigenvalue weighted by Gasteiger charge is 2.33. The minimum Gasteiger partial charge on any atom is -0.457 e. The normalized spacial score (nSPS) is 11.7. The molecule has 0 radical (unpaired) electrons. The Morgan fingerprint density at radius 3 is 2.32 bits per heavy atom. The molecular weight excluding hydrogens is 507 g/mol. The molecule has 0 aliphatic carbocycles. The molecule has 0 amide bonds. The zero-order valence-electron chi connectivity index (χ0n) is 19.0. The van der Waals surface area contributed by atoms with Crippen molar-refractivity contribution in [1.82, 2.24) is 14.8 Å². The van der Waals surface area contributed by atoms with Crippen LogP contribution in [0, 0.1) is 5.41 Å². The molecule has 0 unspecified atom stereocenters. The Morgan fingerprint density at radius 2 is 1.70 bits per heavy atom. The second-order valence-corrected chi connectivity index (χ2v) is 8.14. The van der Waals surface area contributed by atoms with Gasteiger partial charge < -0.3 is 10.1 Å². The molecule has 3 aromatic carbocycles. The number of para-hydroxylation sites is 1. The summed E-state index contributed by atoms with van der Waals surface area (Å²) in [5.41, 5.74) is 0.900. The van der Waals surface area contributed by atoms with Gasteiger partial charge in [0.15, 0.2) is 0 Å². The first-order valence-electron chi connectivity index (χ1n) is 10.8. The minimum absolute atomic E-state index is 0.0113. The van der Waals surface area contributed by atoms with E-state index in [4.69, 9.17) is 21.7 Å². The van der Waals surface area contributed by atoms with Gasteiger partial charge in [0.25, 0.3) is 0 Å². The van der Waals surface area contributed by atoms with Crippen LogP contribution in [0.2, 0.25) is 5.02 Å². The number of esters is 1. The Labute approximate surface area is 214 Å². The zero-order valence-corrected chi connectivity index (χ0v) is 19.8. The molecule has 0 aliphatic heterocycles. The van der Waals surface area contributed by atoms with Crippen LogP contribution in [0.15, 0.2) is 91.5 Å². The topological polar surface area (TPSA) is 92.9 Å². The van der Waals surface area contributed by atoms with E-state index in [0.29, 0.717) is 22.3 Å². The summed E-state index contributed by atoms with van der Waals surface area (Å²) in [6.07, 6.45) is -1.17. The molecule has 0 fully saturated rings. The highest BCUT2D eigenvalue weighted by Crippen LogP contribution is 2.27.